The number of para-hydroxylation sites is 1. The fraction of sp³-hybridized carbons (Fsp3) is 0. The van der Waals surface area contributed by atoms with Crippen molar-refractivity contribution in [3.05, 3.63) is 164 Å². The minimum absolute atomic E-state index is 1.25. The van der Waals surface area contributed by atoms with E-state index in [1.165, 1.54) is 79.5 Å². The summed E-state index contributed by atoms with van der Waals surface area (Å²) >= 11 is 1.90. The van der Waals surface area contributed by atoms with Crippen molar-refractivity contribution in [2.24, 2.45) is 0 Å². The zero-order valence-electron chi connectivity index (χ0n) is 24.4. The normalized spacial score (nSPS) is 13.5. The fourth-order valence-corrected chi connectivity index (χ4v) is 14.5. The molecule has 1 aliphatic rings. The Morgan fingerprint density at radius 3 is 1.87 bits per heavy atom. The molecule has 0 saturated heterocycles. The van der Waals surface area contributed by atoms with Gasteiger partial charge in [0.25, 0.3) is 0 Å². The van der Waals surface area contributed by atoms with Crippen LogP contribution < -0.4 is 20.7 Å². The SMILES string of the molecule is c1ccc([Si]2(c3ccccc3)c3ccccc3-c3cc4c(cc32)c2ccccc2n4-c2cccc3c2sc2ccccc23)cc1. The van der Waals surface area contributed by atoms with E-state index in [0.717, 1.165) is 0 Å². The van der Waals surface area contributed by atoms with E-state index in [0.29, 0.717) is 0 Å². The maximum atomic E-state index is 2.57. The first kappa shape index (κ1) is 25.1. The van der Waals surface area contributed by atoms with Crippen LogP contribution in [0.3, 0.4) is 0 Å². The maximum Gasteiger partial charge on any atom is 0.180 e. The molecule has 2 aromatic heterocycles. The van der Waals surface area contributed by atoms with Gasteiger partial charge in [-0.15, -0.1) is 11.3 Å². The van der Waals surface area contributed by atoms with Gasteiger partial charge in [0.15, 0.2) is 8.07 Å². The summed E-state index contributed by atoms with van der Waals surface area (Å²) in [4.78, 5) is 0. The Kier molecular flexibility index (Phi) is 5.24. The molecule has 0 N–H and O–H groups in total. The molecule has 0 spiro atoms. The molecule has 3 heterocycles. The Labute approximate surface area is 266 Å². The van der Waals surface area contributed by atoms with Crippen LogP contribution >= 0.6 is 11.3 Å². The minimum Gasteiger partial charge on any atom is -0.308 e. The van der Waals surface area contributed by atoms with Gasteiger partial charge in [-0.3, -0.25) is 0 Å². The number of benzene rings is 7. The van der Waals surface area contributed by atoms with Gasteiger partial charge in [0.1, 0.15) is 0 Å². The van der Waals surface area contributed by atoms with Crippen LogP contribution in [-0.2, 0) is 0 Å². The maximum absolute atomic E-state index is 2.57. The van der Waals surface area contributed by atoms with Gasteiger partial charge in [0.05, 0.1) is 21.4 Å². The third-order valence-corrected chi connectivity index (χ3v) is 15.9. The average molecular weight is 606 g/mol. The number of fused-ring (bicyclic) bond motifs is 9. The van der Waals surface area contributed by atoms with Crippen molar-refractivity contribution in [2.75, 3.05) is 0 Å². The number of nitrogens with zero attached hydrogens (tertiary/aromatic N) is 1. The zero-order valence-corrected chi connectivity index (χ0v) is 26.3. The molecule has 0 radical (unpaired) electrons. The van der Waals surface area contributed by atoms with Crippen molar-refractivity contribution in [1.82, 2.24) is 4.57 Å². The van der Waals surface area contributed by atoms with Crippen LogP contribution in [0.5, 0.6) is 0 Å². The Hall–Kier alpha value is -5.22. The molecule has 10 rings (SSSR count). The van der Waals surface area contributed by atoms with E-state index in [1.54, 1.807) is 0 Å². The highest BCUT2D eigenvalue weighted by Crippen LogP contribution is 2.42. The van der Waals surface area contributed by atoms with Crippen LogP contribution in [-0.4, -0.2) is 12.6 Å². The van der Waals surface area contributed by atoms with Crippen molar-refractivity contribution in [2.45, 2.75) is 0 Å². The van der Waals surface area contributed by atoms with Crippen LogP contribution in [0.15, 0.2) is 164 Å². The Morgan fingerprint density at radius 2 is 1.07 bits per heavy atom. The summed E-state index contributed by atoms with van der Waals surface area (Å²) in [6.07, 6.45) is 0. The van der Waals surface area contributed by atoms with Crippen molar-refractivity contribution in [3.63, 3.8) is 0 Å². The molecule has 0 bridgehead atoms. The number of rotatable bonds is 3. The summed E-state index contributed by atoms with van der Waals surface area (Å²) in [7, 11) is -2.57. The van der Waals surface area contributed by atoms with Crippen LogP contribution in [0.1, 0.15) is 0 Å². The van der Waals surface area contributed by atoms with Crippen LogP contribution in [0.4, 0.5) is 0 Å². The highest BCUT2D eigenvalue weighted by atomic mass is 32.1. The summed E-state index contributed by atoms with van der Waals surface area (Å²) in [5, 5.41) is 11.1. The van der Waals surface area contributed by atoms with E-state index < -0.39 is 8.07 Å². The van der Waals surface area contributed by atoms with E-state index >= 15 is 0 Å². The molecule has 0 atom stereocenters. The van der Waals surface area contributed by atoms with Gasteiger partial charge in [-0.1, -0.05) is 140 Å². The van der Waals surface area contributed by atoms with Crippen molar-refractivity contribution < 1.29 is 0 Å². The van der Waals surface area contributed by atoms with Crippen LogP contribution in [0.2, 0.25) is 0 Å². The highest BCUT2D eigenvalue weighted by molar-refractivity contribution is 7.26. The van der Waals surface area contributed by atoms with Crippen molar-refractivity contribution in [3.8, 4) is 16.8 Å². The lowest BCUT2D eigenvalue weighted by atomic mass is 10.0. The second kappa shape index (κ2) is 9.39. The molecule has 0 saturated carbocycles. The second-order valence-corrected chi connectivity index (χ2v) is 16.8. The van der Waals surface area contributed by atoms with Gasteiger partial charge < -0.3 is 4.57 Å². The second-order valence-electron chi connectivity index (χ2n) is 12.0. The smallest absolute Gasteiger partial charge is 0.180 e. The van der Waals surface area contributed by atoms with Gasteiger partial charge >= 0.3 is 0 Å². The molecular weight excluding hydrogens is 579 g/mol. The minimum atomic E-state index is -2.57. The fourth-order valence-electron chi connectivity index (χ4n) is 8.07. The third kappa shape index (κ3) is 3.32. The van der Waals surface area contributed by atoms with Gasteiger partial charge in [-0.25, -0.2) is 0 Å². The molecule has 7 aromatic carbocycles. The molecule has 9 aromatic rings. The molecule has 0 unspecified atom stereocenters. The quantitative estimate of drug-likeness (QED) is 0.178. The predicted molar refractivity (Wildman–Crippen MR) is 196 cm³/mol. The molecule has 0 fully saturated rings. The number of hydrogen-bond donors (Lipinski definition) is 0. The van der Waals surface area contributed by atoms with E-state index in [1.807, 2.05) is 11.3 Å². The summed E-state index contributed by atoms with van der Waals surface area (Å²) in [6, 6.07) is 61.4. The summed E-state index contributed by atoms with van der Waals surface area (Å²) in [5.74, 6) is 0. The standard InChI is InChI=1S/C42H27NSSi/c1-3-14-28(15-4-1)45(29-16-5-2-6-17-29)40-25-12-9-20-32(40)35-26-38-34(27-41(35)45)30-18-7-10-22-36(30)43(38)37-23-13-21-33-31-19-8-11-24-39(31)44-42(33)37/h1-27H. The molecule has 210 valence electrons. The van der Waals surface area contributed by atoms with Crippen molar-refractivity contribution >= 4 is 82.1 Å². The molecule has 1 aliphatic heterocycles. The Bertz CT molecular complexity index is 2550. The van der Waals surface area contributed by atoms with E-state index in [9.17, 15) is 0 Å². The lowest BCUT2D eigenvalue weighted by Gasteiger charge is -2.31. The predicted octanol–water partition coefficient (Wildman–Crippen LogP) is 8.51. The number of hydrogen-bond acceptors (Lipinski definition) is 1. The first-order valence-corrected chi connectivity index (χ1v) is 18.3. The Morgan fingerprint density at radius 1 is 0.422 bits per heavy atom. The monoisotopic (exact) mass is 605 g/mol. The highest BCUT2D eigenvalue weighted by Gasteiger charge is 2.48. The van der Waals surface area contributed by atoms with Crippen LogP contribution in [0.25, 0.3) is 58.8 Å². The van der Waals surface area contributed by atoms with E-state index in [-0.39, 0.29) is 0 Å². The van der Waals surface area contributed by atoms with E-state index in [4.69, 9.17) is 0 Å². The molecule has 45 heavy (non-hydrogen) atoms. The average Bonchev–Trinajstić information content (AvgIpc) is 3.74. The van der Waals surface area contributed by atoms with Crippen molar-refractivity contribution in [1.29, 1.82) is 0 Å². The topological polar surface area (TPSA) is 4.93 Å². The molecule has 1 nitrogen and oxygen atoms in total. The van der Waals surface area contributed by atoms with Gasteiger partial charge in [0.2, 0.25) is 0 Å². The lowest BCUT2D eigenvalue weighted by molar-refractivity contribution is 1.20. The molecular formula is C42H27NSSi. The number of thiophene rings is 1. The summed E-state index contributed by atoms with van der Waals surface area (Å²) in [6.45, 7) is 0. The largest absolute Gasteiger partial charge is 0.308 e. The lowest BCUT2D eigenvalue weighted by Crippen LogP contribution is -2.72. The Balaban J connectivity index is 1.37. The van der Waals surface area contributed by atoms with Gasteiger partial charge in [-0.2, -0.15) is 0 Å². The third-order valence-electron chi connectivity index (χ3n) is 9.88. The molecule has 3 heteroatoms. The summed E-state index contributed by atoms with van der Waals surface area (Å²) in [5.41, 5.74) is 6.50. The first-order valence-electron chi connectivity index (χ1n) is 15.5. The van der Waals surface area contributed by atoms with Gasteiger partial charge in [-0.05, 0) is 56.1 Å². The van der Waals surface area contributed by atoms with E-state index in [2.05, 4.69) is 168 Å². The summed E-state index contributed by atoms with van der Waals surface area (Å²) < 4.78 is 5.19. The molecule has 0 aliphatic carbocycles. The first-order chi connectivity index (χ1) is 22.3. The number of aromatic nitrogens is 1. The zero-order chi connectivity index (χ0) is 29.5. The van der Waals surface area contributed by atoms with Gasteiger partial charge in [0, 0.05) is 26.2 Å². The molecule has 0 amide bonds. The van der Waals surface area contributed by atoms with Crippen LogP contribution in [0, 0.1) is 0 Å².